The lowest BCUT2D eigenvalue weighted by Gasteiger charge is -2.13. The smallest absolute Gasteiger partial charge is 0.278 e. The largest absolute Gasteiger partial charge is 0.325 e. The number of hydrogen-bond acceptors (Lipinski definition) is 6. The van der Waals surface area contributed by atoms with Gasteiger partial charge in [-0.05, 0) is 37.3 Å². The average molecular weight is 472 g/mol. The summed E-state index contributed by atoms with van der Waals surface area (Å²) < 4.78 is 0. The lowest BCUT2D eigenvalue weighted by molar-refractivity contribution is -0.119. The van der Waals surface area contributed by atoms with Crippen LogP contribution in [0.15, 0.2) is 58.5 Å². The van der Waals surface area contributed by atoms with Crippen LogP contribution in [0, 0.1) is 5.92 Å². The highest BCUT2D eigenvalue weighted by atomic mass is 35.5. The number of rotatable bonds is 7. The number of halogens is 1. The van der Waals surface area contributed by atoms with E-state index in [9.17, 15) is 14.4 Å². The molecular weight excluding hydrogens is 450 g/mol. The summed E-state index contributed by atoms with van der Waals surface area (Å²) in [5.74, 6) is -0.646. The van der Waals surface area contributed by atoms with Crippen molar-refractivity contribution >= 4 is 46.6 Å². The van der Waals surface area contributed by atoms with E-state index >= 15 is 0 Å². The predicted molar refractivity (Wildman–Crippen MR) is 127 cm³/mol. The number of aromatic nitrogens is 3. The maximum atomic E-state index is 12.7. The van der Waals surface area contributed by atoms with E-state index in [4.69, 9.17) is 11.6 Å². The maximum absolute atomic E-state index is 12.7. The van der Waals surface area contributed by atoms with Crippen molar-refractivity contribution in [2.45, 2.75) is 31.2 Å². The molecule has 0 radical (unpaired) electrons. The molecule has 10 heteroatoms. The van der Waals surface area contributed by atoms with E-state index in [0.29, 0.717) is 22.0 Å². The number of nitrogens with one attached hydrogen (secondary N) is 3. The maximum Gasteiger partial charge on any atom is 0.278 e. The van der Waals surface area contributed by atoms with Crippen LogP contribution < -0.4 is 16.2 Å². The van der Waals surface area contributed by atoms with Crippen molar-refractivity contribution in [3.63, 3.8) is 0 Å². The normalized spacial score (nSPS) is 11.8. The zero-order valence-corrected chi connectivity index (χ0v) is 19.3. The van der Waals surface area contributed by atoms with Crippen molar-refractivity contribution in [2.24, 2.45) is 5.92 Å². The number of hydrogen-bond donors (Lipinski definition) is 3. The number of thioether (sulfide) groups is 1. The van der Waals surface area contributed by atoms with Crippen LogP contribution in [0.1, 0.15) is 20.8 Å². The molecule has 166 valence electrons. The fourth-order valence-corrected chi connectivity index (χ4v) is 3.49. The third kappa shape index (κ3) is 5.95. The molecule has 0 aliphatic heterocycles. The van der Waals surface area contributed by atoms with Gasteiger partial charge in [-0.1, -0.05) is 55.4 Å². The Kier molecular flexibility index (Phi) is 7.66. The molecule has 3 rings (SSSR count). The molecule has 1 unspecified atom stereocenters. The van der Waals surface area contributed by atoms with Crippen LogP contribution in [0.5, 0.6) is 0 Å². The first-order valence-corrected chi connectivity index (χ1v) is 11.1. The molecule has 3 aromatic rings. The number of anilines is 2. The Hall–Kier alpha value is -3.17. The second-order valence-electron chi connectivity index (χ2n) is 7.25. The van der Waals surface area contributed by atoms with E-state index in [1.165, 1.54) is 0 Å². The third-order valence-corrected chi connectivity index (χ3v) is 5.64. The Morgan fingerprint density at radius 3 is 2.31 bits per heavy atom. The van der Waals surface area contributed by atoms with E-state index in [1.54, 1.807) is 69.3 Å². The molecule has 1 aromatic heterocycles. The molecule has 0 saturated carbocycles. The Morgan fingerprint density at radius 2 is 1.66 bits per heavy atom. The van der Waals surface area contributed by atoms with E-state index in [2.05, 4.69) is 25.8 Å². The third-order valence-electron chi connectivity index (χ3n) is 4.41. The minimum absolute atomic E-state index is 0.0762. The molecule has 0 saturated heterocycles. The van der Waals surface area contributed by atoms with Crippen LogP contribution in [0.25, 0.3) is 11.3 Å². The van der Waals surface area contributed by atoms with Gasteiger partial charge in [0.05, 0.1) is 10.9 Å². The van der Waals surface area contributed by atoms with E-state index in [0.717, 1.165) is 11.8 Å². The van der Waals surface area contributed by atoms with E-state index in [1.807, 2.05) is 0 Å². The Labute approximate surface area is 194 Å². The molecule has 2 aromatic carbocycles. The minimum atomic E-state index is -0.543. The van der Waals surface area contributed by atoms with Gasteiger partial charge in [0.2, 0.25) is 11.8 Å². The highest BCUT2D eigenvalue weighted by molar-refractivity contribution is 8.00. The molecule has 3 N–H and O–H groups in total. The molecule has 8 nitrogen and oxygen atoms in total. The zero-order chi connectivity index (χ0) is 23.3. The second kappa shape index (κ2) is 10.4. The van der Waals surface area contributed by atoms with Crippen molar-refractivity contribution in [3.8, 4) is 11.3 Å². The van der Waals surface area contributed by atoms with E-state index in [-0.39, 0.29) is 28.6 Å². The first kappa shape index (κ1) is 23.5. The van der Waals surface area contributed by atoms with Crippen LogP contribution in [0.3, 0.4) is 0 Å². The fourth-order valence-electron chi connectivity index (χ4n) is 2.63. The second-order valence-corrected chi connectivity index (χ2v) is 9.02. The Morgan fingerprint density at radius 1 is 0.969 bits per heavy atom. The van der Waals surface area contributed by atoms with Gasteiger partial charge in [-0.3, -0.25) is 19.4 Å². The number of aromatic amines is 1. The summed E-state index contributed by atoms with van der Waals surface area (Å²) in [5, 5.41) is 13.9. The molecule has 0 aliphatic carbocycles. The Balaban J connectivity index is 1.74. The molecular formula is C22H22ClN5O3S. The molecule has 32 heavy (non-hydrogen) atoms. The standard InChI is InChI=1S/C22H22ClN5O3S/c1-12(2)19(29)25-17-7-5-4-6-16(17)18-21(31)26-22(28-27-18)32-13(3)20(30)24-15-10-8-14(23)9-11-15/h4-13H,1-3H3,(H,24,30)(H,25,29)(H,26,28,31). The lowest BCUT2D eigenvalue weighted by atomic mass is 10.1. The van der Waals surface area contributed by atoms with Crippen LogP contribution in [-0.4, -0.2) is 32.2 Å². The molecule has 2 amide bonds. The minimum Gasteiger partial charge on any atom is -0.325 e. The van der Waals surface area contributed by atoms with Gasteiger partial charge < -0.3 is 10.6 Å². The summed E-state index contributed by atoms with van der Waals surface area (Å²) in [4.78, 5) is 39.9. The first-order valence-electron chi connectivity index (χ1n) is 9.85. The molecule has 1 heterocycles. The number of para-hydroxylation sites is 1. The summed E-state index contributed by atoms with van der Waals surface area (Å²) in [5.41, 5.74) is 1.15. The summed E-state index contributed by atoms with van der Waals surface area (Å²) >= 11 is 6.93. The van der Waals surface area contributed by atoms with Crippen LogP contribution in [0.4, 0.5) is 11.4 Å². The fraction of sp³-hybridized carbons (Fsp3) is 0.227. The SMILES string of the molecule is CC(C)C(=O)Nc1ccccc1-c1nnc(SC(C)C(=O)Nc2ccc(Cl)cc2)[nH]c1=O. The summed E-state index contributed by atoms with van der Waals surface area (Å²) in [6.07, 6.45) is 0. The van der Waals surface area contributed by atoms with Gasteiger partial charge in [0.25, 0.3) is 5.56 Å². The number of carbonyl (C=O) groups excluding carboxylic acids is 2. The Bertz CT molecular complexity index is 1180. The highest BCUT2D eigenvalue weighted by Gasteiger charge is 2.19. The molecule has 0 spiro atoms. The van der Waals surface area contributed by atoms with Gasteiger partial charge in [0.15, 0.2) is 10.9 Å². The summed E-state index contributed by atoms with van der Waals surface area (Å²) in [6, 6.07) is 13.6. The first-order chi connectivity index (χ1) is 15.2. The zero-order valence-electron chi connectivity index (χ0n) is 17.7. The summed E-state index contributed by atoms with van der Waals surface area (Å²) in [7, 11) is 0. The number of nitrogens with zero attached hydrogens (tertiary/aromatic N) is 2. The monoisotopic (exact) mass is 471 g/mol. The molecule has 0 bridgehead atoms. The van der Waals surface area contributed by atoms with Crippen molar-refractivity contribution in [2.75, 3.05) is 10.6 Å². The highest BCUT2D eigenvalue weighted by Crippen LogP contribution is 2.25. The van der Waals surface area contributed by atoms with Gasteiger partial charge in [0.1, 0.15) is 0 Å². The van der Waals surface area contributed by atoms with Crippen LogP contribution >= 0.6 is 23.4 Å². The number of amides is 2. The van der Waals surface area contributed by atoms with Gasteiger partial charge in [0, 0.05) is 22.2 Å². The van der Waals surface area contributed by atoms with Gasteiger partial charge in [-0.25, -0.2) is 0 Å². The molecule has 0 aliphatic rings. The van der Waals surface area contributed by atoms with Crippen molar-refractivity contribution in [1.82, 2.24) is 15.2 Å². The summed E-state index contributed by atoms with van der Waals surface area (Å²) in [6.45, 7) is 5.25. The number of carbonyl (C=O) groups is 2. The van der Waals surface area contributed by atoms with Gasteiger partial charge in [-0.2, -0.15) is 0 Å². The quantitative estimate of drug-likeness (QED) is 0.444. The van der Waals surface area contributed by atoms with Crippen LogP contribution in [-0.2, 0) is 9.59 Å². The lowest BCUT2D eigenvalue weighted by Crippen LogP contribution is -2.24. The molecule has 1 atom stereocenters. The molecule has 0 fully saturated rings. The topological polar surface area (TPSA) is 117 Å². The van der Waals surface area contributed by atoms with Crippen molar-refractivity contribution in [3.05, 3.63) is 63.9 Å². The van der Waals surface area contributed by atoms with Crippen LogP contribution in [0.2, 0.25) is 5.02 Å². The van der Waals surface area contributed by atoms with Gasteiger partial charge in [-0.15, -0.1) is 10.2 Å². The average Bonchev–Trinajstić information content (AvgIpc) is 2.76. The predicted octanol–water partition coefficient (Wildman–Crippen LogP) is 4.20. The number of benzene rings is 2. The van der Waals surface area contributed by atoms with E-state index < -0.39 is 10.8 Å². The number of H-pyrrole nitrogens is 1. The van der Waals surface area contributed by atoms with Crippen molar-refractivity contribution < 1.29 is 9.59 Å². The van der Waals surface area contributed by atoms with Gasteiger partial charge >= 0.3 is 0 Å². The van der Waals surface area contributed by atoms with Crippen molar-refractivity contribution in [1.29, 1.82) is 0 Å².